The van der Waals surface area contributed by atoms with E-state index in [0.717, 1.165) is 22.2 Å². The summed E-state index contributed by atoms with van der Waals surface area (Å²) in [5, 5.41) is 4.21. The Bertz CT molecular complexity index is 1190. The number of nitrogens with zero attached hydrogens (tertiary/aromatic N) is 2. The average molecular weight is 381 g/mol. The van der Waals surface area contributed by atoms with Crippen molar-refractivity contribution >= 4 is 40.5 Å². The van der Waals surface area contributed by atoms with Crippen LogP contribution in [0.2, 0.25) is 0 Å². The van der Waals surface area contributed by atoms with Crippen LogP contribution in [-0.4, -0.2) is 23.0 Å². The summed E-state index contributed by atoms with van der Waals surface area (Å²) in [4.78, 5) is 21.1. The monoisotopic (exact) mass is 381 g/mol. The van der Waals surface area contributed by atoms with Gasteiger partial charge in [0.15, 0.2) is 5.82 Å². The molecule has 5 nitrogen and oxygen atoms in total. The van der Waals surface area contributed by atoms with Crippen molar-refractivity contribution < 1.29 is 9.53 Å². The number of hydrogen-bond donors (Lipinski definition) is 1. The number of carbonyl (C=O) groups excluding carboxylic acids is 1. The quantitative estimate of drug-likeness (QED) is 0.473. The fraction of sp³-hybridized carbons (Fsp3) is 0.0417. The Balaban J connectivity index is 1.71. The minimum atomic E-state index is -0.382. The van der Waals surface area contributed by atoms with E-state index in [9.17, 15) is 4.79 Å². The zero-order valence-electron chi connectivity index (χ0n) is 15.9. The average Bonchev–Trinajstić information content (AvgIpc) is 2.78. The molecule has 0 fully saturated rings. The number of para-hydroxylation sites is 1. The minimum Gasteiger partial charge on any atom is -0.465 e. The molecular formula is C24H19N3O2. The first-order chi connectivity index (χ1) is 14.2. The van der Waals surface area contributed by atoms with Crippen molar-refractivity contribution in [3.63, 3.8) is 0 Å². The molecule has 0 atom stereocenters. The van der Waals surface area contributed by atoms with Crippen LogP contribution in [0.1, 0.15) is 21.7 Å². The molecule has 0 spiro atoms. The van der Waals surface area contributed by atoms with E-state index in [2.05, 4.69) is 15.3 Å². The number of carbonyl (C=O) groups is 1. The van der Waals surface area contributed by atoms with Gasteiger partial charge in [0.05, 0.1) is 18.2 Å². The summed E-state index contributed by atoms with van der Waals surface area (Å²) >= 11 is 0. The summed E-state index contributed by atoms with van der Waals surface area (Å²) in [6.07, 6.45) is 3.86. The van der Waals surface area contributed by atoms with Crippen LogP contribution in [-0.2, 0) is 4.74 Å². The lowest BCUT2D eigenvalue weighted by molar-refractivity contribution is 0.0601. The van der Waals surface area contributed by atoms with Crippen LogP contribution in [0.3, 0.4) is 0 Å². The Labute approximate surface area is 168 Å². The van der Waals surface area contributed by atoms with Crippen molar-refractivity contribution in [3.8, 4) is 0 Å². The van der Waals surface area contributed by atoms with Gasteiger partial charge in [-0.1, -0.05) is 54.6 Å². The molecule has 0 bridgehead atoms. The number of rotatable bonds is 5. The van der Waals surface area contributed by atoms with Gasteiger partial charge in [-0.15, -0.1) is 0 Å². The molecule has 1 heterocycles. The molecule has 29 heavy (non-hydrogen) atoms. The molecule has 4 rings (SSSR count). The summed E-state index contributed by atoms with van der Waals surface area (Å²) < 4.78 is 4.80. The van der Waals surface area contributed by atoms with Crippen LogP contribution in [0.15, 0.2) is 78.9 Å². The van der Waals surface area contributed by atoms with Crippen molar-refractivity contribution in [1.82, 2.24) is 9.97 Å². The van der Waals surface area contributed by atoms with E-state index in [4.69, 9.17) is 4.74 Å². The number of fused-ring (bicyclic) bond motifs is 1. The highest BCUT2D eigenvalue weighted by Gasteiger charge is 2.09. The summed E-state index contributed by atoms with van der Waals surface area (Å²) in [6, 6.07) is 24.9. The van der Waals surface area contributed by atoms with Gasteiger partial charge in [-0.2, -0.15) is 0 Å². The maximum atomic E-state index is 11.8. The highest BCUT2D eigenvalue weighted by molar-refractivity contribution is 5.93. The topological polar surface area (TPSA) is 64.1 Å². The number of benzene rings is 3. The molecule has 142 valence electrons. The standard InChI is InChI=1S/C24H19N3O2/c1-29-24(28)18-10-7-11-19(16-18)25-23-20-12-5-6-13-21(20)26-22(27-23)15-14-17-8-3-2-4-9-17/h2-16H,1H3,(H,25,26,27)/b15-14+. The number of anilines is 2. The van der Waals surface area contributed by atoms with Gasteiger partial charge in [0.2, 0.25) is 0 Å². The second-order valence-electron chi connectivity index (χ2n) is 6.39. The molecule has 1 aromatic heterocycles. The molecule has 5 heteroatoms. The fourth-order valence-electron chi connectivity index (χ4n) is 2.98. The summed E-state index contributed by atoms with van der Waals surface area (Å²) in [5.74, 6) is 0.886. The molecule has 0 aliphatic rings. The molecule has 0 amide bonds. The molecule has 0 unspecified atom stereocenters. The predicted molar refractivity (Wildman–Crippen MR) is 116 cm³/mol. The number of ether oxygens (including phenoxy) is 1. The summed E-state index contributed by atoms with van der Waals surface area (Å²) in [7, 11) is 1.37. The van der Waals surface area contributed by atoms with E-state index in [-0.39, 0.29) is 5.97 Å². The van der Waals surface area contributed by atoms with Gasteiger partial charge in [0.25, 0.3) is 0 Å². The van der Waals surface area contributed by atoms with Gasteiger partial charge in [-0.05, 0) is 42.0 Å². The first-order valence-electron chi connectivity index (χ1n) is 9.18. The van der Waals surface area contributed by atoms with Gasteiger partial charge < -0.3 is 10.1 Å². The van der Waals surface area contributed by atoms with Crippen LogP contribution in [0.25, 0.3) is 23.1 Å². The third-order valence-corrected chi connectivity index (χ3v) is 4.39. The molecular weight excluding hydrogens is 362 g/mol. The molecule has 3 aromatic carbocycles. The largest absolute Gasteiger partial charge is 0.465 e. The maximum absolute atomic E-state index is 11.8. The van der Waals surface area contributed by atoms with Crippen LogP contribution < -0.4 is 5.32 Å². The first-order valence-corrected chi connectivity index (χ1v) is 9.18. The number of methoxy groups -OCH3 is 1. The van der Waals surface area contributed by atoms with Crippen molar-refractivity contribution in [3.05, 3.63) is 95.8 Å². The van der Waals surface area contributed by atoms with Crippen LogP contribution >= 0.6 is 0 Å². The third-order valence-electron chi connectivity index (χ3n) is 4.39. The molecule has 1 N–H and O–H groups in total. The highest BCUT2D eigenvalue weighted by Crippen LogP contribution is 2.25. The molecule has 0 saturated heterocycles. The third kappa shape index (κ3) is 4.30. The molecule has 4 aromatic rings. The van der Waals surface area contributed by atoms with E-state index < -0.39 is 0 Å². The first kappa shape index (κ1) is 18.4. The fourth-order valence-corrected chi connectivity index (χ4v) is 2.98. The van der Waals surface area contributed by atoms with Gasteiger partial charge in [0.1, 0.15) is 5.82 Å². The van der Waals surface area contributed by atoms with Crippen molar-refractivity contribution in [2.45, 2.75) is 0 Å². The second kappa shape index (κ2) is 8.35. The minimum absolute atomic E-state index is 0.382. The lowest BCUT2D eigenvalue weighted by Gasteiger charge is -2.10. The molecule has 0 radical (unpaired) electrons. The highest BCUT2D eigenvalue weighted by atomic mass is 16.5. The van der Waals surface area contributed by atoms with Gasteiger partial charge in [0, 0.05) is 11.1 Å². The Morgan fingerprint density at radius 1 is 0.897 bits per heavy atom. The number of aromatic nitrogens is 2. The zero-order chi connectivity index (χ0) is 20.1. The number of esters is 1. The van der Waals surface area contributed by atoms with E-state index in [1.54, 1.807) is 18.2 Å². The Morgan fingerprint density at radius 3 is 2.52 bits per heavy atom. The molecule has 0 aliphatic heterocycles. The lowest BCUT2D eigenvalue weighted by atomic mass is 10.2. The number of hydrogen-bond acceptors (Lipinski definition) is 5. The second-order valence-corrected chi connectivity index (χ2v) is 6.39. The Morgan fingerprint density at radius 2 is 1.69 bits per heavy atom. The number of nitrogens with one attached hydrogen (secondary N) is 1. The Kier molecular flexibility index (Phi) is 5.29. The summed E-state index contributed by atoms with van der Waals surface area (Å²) in [5.41, 5.74) is 3.13. The van der Waals surface area contributed by atoms with Crippen LogP contribution in [0.5, 0.6) is 0 Å². The van der Waals surface area contributed by atoms with Crippen molar-refractivity contribution in [2.24, 2.45) is 0 Å². The van der Waals surface area contributed by atoms with E-state index in [1.165, 1.54) is 7.11 Å². The van der Waals surface area contributed by atoms with Crippen molar-refractivity contribution in [1.29, 1.82) is 0 Å². The van der Waals surface area contributed by atoms with Gasteiger partial charge in [-0.25, -0.2) is 14.8 Å². The van der Waals surface area contributed by atoms with E-state index >= 15 is 0 Å². The van der Waals surface area contributed by atoms with E-state index in [0.29, 0.717) is 17.2 Å². The van der Waals surface area contributed by atoms with Crippen LogP contribution in [0, 0.1) is 0 Å². The maximum Gasteiger partial charge on any atom is 0.337 e. The zero-order valence-corrected chi connectivity index (χ0v) is 15.9. The van der Waals surface area contributed by atoms with Gasteiger partial charge in [-0.3, -0.25) is 0 Å². The lowest BCUT2D eigenvalue weighted by Crippen LogP contribution is -2.03. The van der Waals surface area contributed by atoms with E-state index in [1.807, 2.05) is 72.8 Å². The Hall–Kier alpha value is -3.99. The molecule has 0 saturated carbocycles. The smallest absolute Gasteiger partial charge is 0.337 e. The normalized spacial score (nSPS) is 10.9. The SMILES string of the molecule is COC(=O)c1cccc(Nc2nc(/C=C/c3ccccc3)nc3ccccc23)c1. The predicted octanol–water partition coefficient (Wildman–Crippen LogP) is 5.33. The molecule has 0 aliphatic carbocycles. The summed E-state index contributed by atoms with van der Waals surface area (Å²) in [6.45, 7) is 0. The van der Waals surface area contributed by atoms with Crippen molar-refractivity contribution in [2.75, 3.05) is 12.4 Å². The van der Waals surface area contributed by atoms with Crippen LogP contribution in [0.4, 0.5) is 11.5 Å². The van der Waals surface area contributed by atoms with Gasteiger partial charge >= 0.3 is 5.97 Å².